The van der Waals surface area contributed by atoms with Crippen LogP contribution in [0.1, 0.15) is 43.7 Å². The first kappa shape index (κ1) is 27.4. The van der Waals surface area contributed by atoms with Gasteiger partial charge in [0.05, 0.1) is 31.2 Å². The number of phenolic OH excluding ortho intramolecular Hbond substituents is 1. The first-order chi connectivity index (χ1) is 17.6. The number of tetrazole rings is 1. The van der Waals surface area contributed by atoms with Crippen LogP contribution >= 0.6 is 0 Å². The maximum Gasteiger partial charge on any atom is 0.240 e. The summed E-state index contributed by atoms with van der Waals surface area (Å²) in [7, 11) is 0. The summed E-state index contributed by atoms with van der Waals surface area (Å²) in [6, 6.07) is 9.84. The van der Waals surface area contributed by atoms with Crippen LogP contribution in [0.2, 0.25) is 0 Å². The summed E-state index contributed by atoms with van der Waals surface area (Å²) >= 11 is 0. The number of aromatic hydroxyl groups is 1. The molecule has 2 aromatic carbocycles. The Bertz CT molecular complexity index is 1260. The molecule has 11 nitrogen and oxygen atoms in total. The van der Waals surface area contributed by atoms with Gasteiger partial charge in [0.25, 0.3) is 0 Å². The highest BCUT2D eigenvalue weighted by molar-refractivity contribution is 5.85. The van der Waals surface area contributed by atoms with Crippen molar-refractivity contribution < 1.29 is 28.2 Å². The van der Waals surface area contributed by atoms with E-state index >= 15 is 0 Å². The van der Waals surface area contributed by atoms with E-state index in [9.17, 15) is 23.9 Å². The van der Waals surface area contributed by atoms with Crippen LogP contribution in [0.3, 0.4) is 0 Å². The van der Waals surface area contributed by atoms with Crippen LogP contribution in [-0.4, -0.2) is 50.0 Å². The highest BCUT2D eigenvalue weighted by Crippen LogP contribution is 2.26. The highest BCUT2D eigenvalue weighted by Gasteiger charge is 2.30. The molecule has 1 aromatic heterocycles. The van der Waals surface area contributed by atoms with Gasteiger partial charge in [0.2, 0.25) is 5.91 Å². The number of nitrogens with two attached hydrogens (primary N) is 1. The highest BCUT2D eigenvalue weighted by atomic mass is 19.1. The lowest BCUT2D eigenvalue weighted by Gasteiger charge is -2.25. The number of benzene rings is 2. The zero-order valence-electron chi connectivity index (χ0n) is 20.3. The van der Waals surface area contributed by atoms with Gasteiger partial charge in [0.1, 0.15) is 30.3 Å². The summed E-state index contributed by atoms with van der Waals surface area (Å²) in [6.45, 7) is 2.53. The third kappa shape index (κ3) is 7.42. The van der Waals surface area contributed by atoms with Crippen LogP contribution in [0.5, 0.6) is 11.5 Å². The van der Waals surface area contributed by atoms with E-state index in [-0.39, 0.29) is 49.1 Å². The largest absolute Gasteiger partial charge is 0.504 e. The summed E-state index contributed by atoms with van der Waals surface area (Å²) in [4.78, 5) is 12.7. The molecule has 37 heavy (non-hydrogen) atoms. The monoisotopic (exact) mass is 515 g/mol. The molecule has 0 saturated carbocycles. The van der Waals surface area contributed by atoms with Crippen LogP contribution in [0.15, 0.2) is 42.5 Å². The average molecular weight is 516 g/mol. The van der Waals surface area contributed by atoms with Gasteiger partial charge in [-0.05, 0) is 42.5 Å². The SMILES string of the molecule is CC(C)(N)C(=O)N[C@H](COCc1ccc(F)cc1F)c1nnnn1[C@H](CC#N)COc1ccccc1O. The second-order valence-electron chi connectivity index (χ2n) is 8.78. The number of aromatic nitrogens is 4. The molecule has 0 spiro atoms. The Kier molecular flexibility index (Phi) is 9.05. The van der Waals surface area contributed by atoms with Crippen molar-refractivity contribution in [2.24, 2.45) is 5.73 Å². The number of amides is 1. The Morgan fingerprint density at radius 3 is 2.70 bits per heavy atom. The van der Waals surface area contributed by atoms with Crippen molar-refractivity contribution in [1.82, 2.24) is 25.5 Å². The molecule has 0 radical (unpaired) electrons. The molecule has 3 aromatic rings. The van der Waals surface area contributed by atoms with E-state index in [1.54, 1.807) is 18.2 Å². The van der Waals surface area contributed by atoms with Gasteiger partial charge in [0, 0.05) is 11.6 Å². The van der Waals surface area contributed by atoms with Gasteiger partial charge in [-0.3, -0.25) is 4.79 Å². The Labute approximate surface area is 211 Å². The summed E-state index contributed by atoms with van der Waals surface area (Å²) in [5.74, 6) is -1.76. The molecule has 13 heteroatoms. The van der Waals surface area contributed by atoms with Crippen LogP contribution in [0.25, 0.3) is 0 Å². The van der Waals surface area contributed by atoms with Crippen molar-refractivity contribution in [2.45, 2.75) is 44.5 Å². The van der Waals surface area contributed by atoms with E-state index in [1.165, 1.54) is 30.7 Å². The Morgan fingerprint density at radius 1 is 1.27 bits per heavy atom. The quantitative estimate of drug-likeness (QED) is 0.329. The summed E-state index contributed by atoms with van der Waals surface area (Å²) in [6.07, 6.45) is -0.0592. The zero-order valence-corrected chi connectivity index (χ0v) is 20.3. The van der Waals surface area contributed by atoms with Crippen molar-refractivity contribution in [2.75, 3.05) is 13.2 Å². The van der Waals surface area contributed by atoms with Crippen LogP contribution in [0, 0.1) is 23.0 Å². The van der Waals surface area contributed by atoms with Gasteiger partial charge < -0.3 is 25.6 Å². The molecule has 0 aliphatic heterocycles. The van der Waals surface area contributed by atoms with Crippen molar-refractivity contribution >= 4 is 5.91 Å². The smallest absolute Gasteiger partial charge is 0.240 e. The molecule has 3 rings (SSSR count). The Morgan fingerprint density at radius 2 is 2.03 bits per heavy atom. The summed E-state index contributed by atoms with van der Waals surface area (Å²) in [5.41, 5.74) is 4.79. The van der Waals surface area contributed by atoms with Crippen LogP contribution < -0.4 is 15.8 Å². The van der Waals surface area contributed by atoms with Gasteiger partial charge in [-0.25, -0.2) is 13.5 Å². The number of hydrogen-bond acceptors (Lipinski definition) is 9. The molecular formula is C24H27F2N7O4. The lowest BCUT2D eigenvalue weighted by Crippen LogP contribution is -2.51. The minimum Gasteiger partial charge on any atom is -0.504 e. The second-order valence-corrected chi connectivity index (χ2v) is 8.78. The lowest BCUT2D eigenvalue weighted by atomic mass is 10.1. The number of phenols is 1. The van der Waals surface area contributed by atoms with E-state index in [0.717, 1.165) is 12.1 Å². The number of rotatable bonds is 12. The Hall–Kier alpha value is -4.15. The number of carbonyl (C=O) groups is 1. The van der Waals surface area contributed by atoms with E-state index in [2.05, 4.69) is 20.8 Å². The lowest BCUT2D eigenvalue weighted by molar-refractivity contribution is -0.126. The minimum atomic E-state index is -1.25. The summed E-state index contributed by atoms with van der Waals surface area (Å²) < 4.78 is 39.8. The normalized spacial score (nSPS) is 13.0. The predicted molar refractivity (Wildman–Crippen MR) is 126 cm³/mol. The first-order valence-electron chi connectivity index (χ1n) is 11.3. The van der Waals surface area contributed by atoms with Gasteiger partial charge >= 0.3 is 0 Å². The van der Waals surface area contributed by atoms with Gasteiger partial charge in [-0.1, -0.05) is 18.2 Å². The van der Waals surface area contributed by atoms with Crippen molar-refractivity contribution in [3.05, 3.63) is 65.5 Å². The fourth-order valence-corrected chi connectivity index (χ4v) is 3.23. The number of nitrogens with one attached hydrogen (secondary N) is 1. The third-order valence-corrected chi connectivity index (χ3v) is 5.25. The molecule has 4 N–H and O–H groups in total. The van der Waals surface area contributed by atoms with E-state index in [1.807, 2.05) is 6.07 Å². The van der Waals surface area contributed by atoms with Gasteiger partial charge in [-0.15, -0.1) is 5.10 Å². The molecule has 1 heterocycles. The molecule has 0 unspecified atom stereocenters. The fourth-order valence-electron chi connectivity index (χ4n) is 3.23. The predicted octanol–water partition coefficient (Wildman–Crippen LogP) is 2.30. The van der Waals surface area contributed by atoms with Crippen LogP contribution in [0.4, 0.5) is 8.78 Å². The van der Waals surface area contributed by atoms with Crippen molar-refractivity contribution in [3.8, 4) is 17.6 Å². The van der Waals surface area contributed by atoms with Gasteiger partial charge in [0.15, 0.2) is 17.3 Å². The van der Waals surface area contributed by atoms with E-state index in [0.29, 0.717) is 0 Å². The molecule has 0 saturated heterocycles. The molecule has 1 amide bonds. The Balaban J connectivity index is 1.82. The number of halogens is 2. The van der Waals surface area contributed by atoms with Crippen molar-refractivity contribution in [1.29, 1.82) is 5.26 Å². The molecule has 196 valence electrons. The first-order valence-corrected chi connectivity index (χ1v) is 11.3. The van der Waals surface area contributed by atoms with E-state index < -0.39 is 35.2 Å². The molecule has 0 fully saturated rings. The van der Waals surface area contributed by atoms with Crippen molar-refractivity contribution in [3.63, 3.8) is 0 Å². The molecular weight excluding hydrogens is 488 g/mol. The number of para-hydroxylation sites is 2. The second kappa shape index (κ2) is 12.2. The molecule has 0 bridgehead atoms. The molecule has 2 atom stereocenters. The number of nitriles is 1. The number of nitrogens with zero attached hydrogens (tertiary/aromatic N) is 5. The summed E-state index contributed by atoms with van der Waals surface area (Å²) in [5, 5.41) is 33.7. The number of hydrogen-bond donors (Lipinski definition) is 3. The molecule has 0 aliphatic carbocycles. The maximum atomic E-state index is 14.0. The van der Waals surface area contributed by atoms with Gasteiger partial charge in [-0.2, -0.15) is 5.26 Å². The zero-order chi connectivity index (χ0) is 27.0. The number of ether oxygens (including phenoxy) is 2. The number of carbonyl (C=O) groups excluding carboxylic acids is 1. The van der Waals surface area contributed by atoms with Crippen LogP contribution in [-0.2, 0) is 16.1 Å². The van der Waals surface area contributed by atoms with E-state index in [4.69, 9.17) is 15.2 Å². The standard InChI is InChI=1S/C24H27F2N7O4/c1-24(2,28)23(35)29-19(14-36-12-15-7-8-16(25)11-18(15)26)22-30-31-32-33(22)17(9-10-27)13-37-21-6-4-3-5-20(21)34/h3-8,11,17,19,34H,9,12-14,28H2,1-2H3,(H,29,35)/t17-,19-/m1/s1. The topological polar surface area (TPSA) is 161 Å². The third-order valence-electron chi connectivity index (χ3n) is 5.25. The molecule has 0 aliphatic rings. The minimum absolute atomic E-state index is 0.0592. The average Bonchev–Trinajstić information content (AvgIpc) is 3.32. The maximum absolute atomic E-state index is 14.0. The fraction of sp³-hybridized carbons (Fsp3) is 0.375.